The van der Waals surface area contributed by atoms with E-state index in [1.807, 2.05) is 43.3 Å². The topological polar surface area (TPSA) is 46.5 Å². The molecule has 0 aliphatic heterocycles. The van der Waals surface area contributed by atoms with Crippen molar-refractivity contribution < 1.29 is 14.6 Å². The quantitative estimate of drug-likeness (QED) is 0.830. The summed E-state index contributed by atoms with van der Waals surface area (Å²) in [5, 5.41) is 8.74. The summed E-state index contributed by atoms with van der Waals surface area (Å²) in [5.74, 6) is -0.629. The zero-order valence-electron chi connectivity index (χ0n) is 9.51. The van der Waals surface area contributed by atoms with Gasteiger partial charge in [0.2, 0.25) is 0 Å². The van der Waals surface area contributed by atoms with Gasteiger partial charge in [0.1, 0.15) is 12.4 Å². The molecule has 1 aromatic rings. The fourth-order valence-corrected chi connectivity index (χ4v) is 1.22. The summed E-state index contributed by atoms with van der Waals surface area (Å²) >= 11 is 0. The summed E-state index contributed by atoms with van der Waals surface area (Å²) in [5.41, 5.74) is 0.961. The SMILES string of the molecule is C/C=C/c1ccccc1OCC(C)C(=O)O. The summed E-state index contributed by atoms with van der Waals surface area (Å²) in [6, 6.07) is 7.56. The normalized spacial score (nSPS) is 12.6. The van der Waals surface area contributed by atoms with Gasteiger partial charge in [-0.3, -0.25) is 4.79 Å². The first-order chi connectivity index (χ1) is 7.65. The third kappa shape index (κ3) is 3.42. The Morgan fingerprint density at radius 1 is 1.50 bits per heavy atom. The highest BCUT2D eigenvalue weighted by Gasteiger charge is 2.12. The van der Waals surface area contributed by atoms with Gasteiger partial charge in [-0.2, -0.15) is 0 Å². The number of carboxylic acids is 1. The second-order valence-electron chi connectivity index (χ2n) is 3.59. The van der Waals surface area contributed by atoms with E-state index in [9.17, 15) is 4.79 Å². The standard InChI is InChI=1S/C13H16O3/c1-3-6-11-7-4-5-8-12(11)16-9-10(2)13(14)15/h3-8,10H,9H2,1-2H3,(H,14,15)/b6-3+. The second kappa shape index (κ2) is 5.95. The van der Waals surface area contributed by atoms with Crippen molar-refractivity contribution in [2.75, 3.05) is 6.61 Å². The van der Waals surface area contributed by atoms with Crippen molar-refractivity contribution in [1.82, 2.24) is 0 Å². The zero-order chi connectivity index (χ0) is 12.0. The van der Waals surface area contributed by atoms with Crippen LogP contribution < -0.4 is 4.74 Å². The Kier molecular flexibility index (Phi) is 4.58. The maximum absolute atomic E-state index is 10.6. The first-order valence-corrected chi connectivity index (χ1v) is 5.22. The van der Waals surface area contributed by atoms with Crippen molar-refractivity contribution in [3.63, 3.8) is 0 Å². The van der Waals surface area contributed by atoms with E-state index in [0.717, 1.165) is 5.56 Å². The molecule has 0 bridgehead atoms. The van der Waals surface area contributed by atoms with Gasteiger partial charge < -0.3 is 9.84 Å². The van der Waals surface area contributed by atoms with Crippen LogP contribution in [0, 0.1) is 5.92 Å². The van der Waals surface area contributed by atoms with Gasteiger partial charge >= 0.3 is 5.97 Å². The summed E-state index contributed by atoms with van der Waals surface area (Å²) in [7, 11) is 0. The Morgan fingerprint density at radius 3 is 2.81 bits per heavy atom. The number of rotatable bonds is 5. The molecule has 0 saturated carbocycles. The van der Waals surface area contributed by atoms with Crippen molar-refractivity contribution in [1.29, 1.82) is 0 Å². The van der Waals surface area contributed by atoms with Crippen LogP contribution in [-0.4, -0.2) is 17.7 Å². The fraction of sp³-hybridized carbons (Fsp3) is 0.308. The third-order valence-corrected chi connectivity index (χ3v) is 2.18. The molecule has 1 N–H and O–H groups in total. The van der Waals surface area contributed by atoms with Crippen LogP contribution in [0.15, 0.2) is 30.3 Å². The van der Waals surface area contributed by atoms with Crippen molar-refractivity contribution >= 4 is 12.0 Å². The van der Waals surface area contributed by atoms with Crippen molar-refractivity contribution in [2.24, 2.45) is 5.92 Å². The van der Waals surface area contributed by atoms with Gasteiger partial charge in [-0.25, -0.2) is 0 Å². The van der Waals surface area contributed by atoms with E-state index in [-0.39, 0.29) is 6.61 Å². The molecule has 0 spiro atoms. The van der Waals surface area contributed by atoms with Gasteiger partial charge in [0.05, 0.1) is 5.92 Å². The lowest BCUT2D eigenvalue weighted by Gasteiger charge is -2.11. The molecule has 3 heteroatoms. The molecule has 0 fully saturated rings. The number of allylic oxidation sites excluding steroid dienone is 1. The second-order valence-corrected chi connectivity index (χ2v) is 3.59. The molecule has 0 heterocycles. The zero-order valence-corrected chi connectivity index (χ0v) is 9.51. The minimum absolute atomic E-state index is 0.184. The predicted octanol–water partition coefficient (Wildman–Crippen LogP) is 2.82. The number of carboxylic acid groups (broad SMARTS) is 1. The Labute approximate surface area is 95.4 Å². The molecule has 86 valence electrons. The first kappa shape index (κ1) is 12.3. The van der Waals surface area contributed by atoms with Gasteiger partial charge in [0.25, 0.3) is 0 Å². The number of aliphatic carboxylic acids is 1. The van der Waals surface area contributed by atoms with Gasteiger partial charge in [0, 0.05) is 5.56 Å². The molecular weight excluding hydrogens is 204 g/mol. The van der Waals surface area contributed by atoms with Gasteiger partial charge in [-0.1, -0.05) is 30.4 Å². The van der Waals surface area contributed by atoms with E-state index in [4.69, 9.17) is 9.84 Å². The number of carbonyl (C=O) groups is 1. The van der Waals surface area contributed by atoms with Crippen LogP contribution in [-0.2, 0) is 4.79 Å². The Morgan fingerprint density at radius 2 is 2.19 bits per heavy atom. The van der Waals surface area contributed by atoms with Crippen molar-refractivity contribution in [3.05, 3.63) is 35.9 Å². The smallest absolute Gasteiger partial charge is 0.309 e. The minimum Gasteiger partial charge on any atom is -0.492 e. The maximum Gasteiger partial charge on any atom is 0.309 e. The van der Waals surface area contributed by atoms with Crippen LogP contribution in [0.25, 0.3) is 6.08 Å². The Bertz CT molecular complexity index is 383. The third-order valence-electron chi connectivity index (χ3n) is 2.18. The number of hydrogen-bond donors (Lipinski definition) is 1. The number of hydrogen-bond acceptors (Lipinski definition) is 2. The van der Waals surface area contributed by atoms with Gasteiger partial charge in [0.15, 0.2) is 0 Å². The molecular formula is C13H16O3. The lowest BCUT2D eigenvalue weighted by atomic mass is 10.2. The van der Waals surface area contributed by atoms with E-state index >= 15 is 0 Å². The summed E-state index contributed by atoms with van der Waals surface area (Å²) in [6.45, 7) is 3.74. The highest BCUT2D eigenvalue weighted by Crippen LogP contribution is 2.20. The average Bonchev–Trinajstić information content (AvgIpc) is 2.27. The monoisotopic (exact) mass is 220 g/mol. The number of benzene rings is 1. The fourth-order valence-electron chi connectivity index (χ4n) is 1.22. The van der Waals surface area contributed by atoms with Crippen LogP contribution in [0.4, 0.5) is 0 Å². The van der Waals surface area contributed by atoms with Crippen molar-refractivity contribution in [2.45, 2.75) is 13.8 Å². The van der Waals surface area contributed by atoms with E-state index in [1.165, 1.54) is 0 Å². The molecule has 0 aliphatic rings. The van der Waals surface area contributed by atoms with Crippen LogP contribution in [0.5, 0.6) is 5.75 Å². The van der Waals surface area contributed by atoms with Crippen LogP contribution in [0.2, 0.25) is 0 Å². The molecule has 3 nitrogen and oxygen atoms in total. The maximum atomic E-state index is 10.6. The van der Waals surface area contributed by atoms with Crippen molar-refractivity contribution in [3.8, 4) is 5.75 Å². The summed E-state index contributed by atoms with van der Waals surface area (Å²) in [6.07, 6.45) is 3.85. The van der Waals surface area contributed by atoms with Crippen LogP contribution >= 0.6 is 0 Å². The summed E-state index contributed by atoms with van der Waals surface area (Å²) in [4.78, 5) is 10.6. The van der Waals surface area contributed by atoms with E-state index in [1.54, 1.807) is 6.92 Å². The Hall–Kier alpha value is -1.77. The molecule has 0 amide bonds. The largest absolute Gasteiger partial charge is 0.492 e. The highest BCUT2D eigenvalue weighted by molar-refractivity contribution is 5.69. The molecule has 1 unspecified atom stereocenters. The van der Waals surface area contributed by atoms with Crippen LogP contribution in [0.1, 0.15) is 19.4 Å². The Balaban J connectivity index is 2.69. The molecule has 1 rings (SSSR count). The molecule has 0 aromatic heterocycles. The predicted molar refractivity (Wildman–Crippen MR) is 63.4 cm³/mol. The molecule has 16 heavy (non-hydrogen) atoms. The molecule has 0 saturated heterocycles. The van der Waals surface area contributed by atoms with Crippen LogP contribution in [0.3, 0.4) is 0 Å². The van der Waals surface area contributed by atoms with Gasteiger partial charge in [-0.05, 0) is 19.9 Å². The minimum atomic E-state index is -0.844. The molecule has 1 atom stereocenters. The molecule has 0 aliphatic carbocycles. The lowest BCUT2D eigenvalue weighted by molar-refractivity contribution is -0.142. The number of ether oxygens (including phenoxy) is 1. The lowest BCUT2D eigenvalue weighted by Crippen LogP contribution is -2.18. The summed E-state index contributed by atoms with van der Waals surface area (Å²) < 4.78 is 5.48. The van der Waals surface area contributed by atoms with Gasteiger partial charge in [-0.15, -0.1) is 0 Å². The van der Waals surface area contributed by atoms with E-state index < -0.39 is 11.9 Å². The molecule has 1 aromatic carbocycles. The van der Waals surface area contributed by atoms with E-state index in [0.29, 0.717) is 5.75 Å². The average molecular weight is 220 g/mol. The number of para-hydroxylation sites is 1. The first-order valence-electron chi connectivity index (χ1n) is 5.22. The molecule has 0 radical (unpaired) electrons. The highest BCUT2D eigenvalue weighted by atomic mass is 16.5. The van der Waals surface area contributed by atoms with E-state index in [2.05, 4.69) is 0 Å².